The number of phenolic OH excluding ortho intramolecular Hbond substituents is 1. The average molecular weight is 223 g/mol. The van der Waals surface area contributed by atoms with Gasteiger partial charge in [0.1, 0.15) is 5.75 Å². The lowest BCUT2D eigenvalue weighted by molar-refractivity contribution is 0.123. The Labute approximate surface area is 97.4 Å². The Balaban J connectivity index is 2.49. The molecule has 0 bridgehead atoms. The molecule has 1 atom stereocenters. The molecule has 90 valence electrons. The molecular formula is C13H21NO2. The summed E-state index contributed by atoms with van der Waals surface area (Å²) in [7, 11) is 0. The molecule has 1 unspecified atom stereocenters. The third kappa shape index (κ3) is 4.64. The number of rotatable bonds is 7. The minimum absolute atomic E-state index is 0.313. The summed E-state index contributed by atoms with van der Waals surface area (Å²) in [5.41, 5.74) is 1.21. The van der Waals surface area contributed by atoms with E-state index in [0.717, 1.165) is 26.2 Å². The maximum absolute atomic E-state index is 9.20. The van der Waals surface area contributed by atoms with Crippen LogP contribution in [0.1, 0.15) is 19.4 Å². The number of hydrogen-bond donors (Lipinski definition) is 2. The van der Waals surface area contributed by atoms with Gasteiger partial charge in [0.25, 0.3) is 0 Å². The molecule has 1 aromatic carbocycles. The second-order valence-corrected chi connectivity index (χ2v) is 3.78. The Hall–Kier alpha value is -1.06. The standard InChI is InChI=1S/C13H21NO2/c1-3-14-12(10-16-4-2)9-11-5-7-13(15)8-6-11/h5-8,12,14-15H,3-4,9-10H2,1-2H3. The van der Waals surface area contributed by atoms with Gasteiger partial charge in [0.05, 0.1) is 6.61 Å². The van der Waals surface area contributed by atoms with Crippen molar-refractivity contribution in [3.63, 3.8) is 0 Å². The Morgan fingerprint density at radius 1 is 1.25 bits per heavy atom. The van der Waals surface area contributed by atoms with Crippen molar-refractivity contribution in [3.8, 4) is 5.75 Å². The van der Waals surface area contributed by atoms with Crippen molar-refractivity contribution >= 4 is 0 Å². The zero-order valence-electron chi connectivity index (χ0n) is 10.1. The fourth-order valence-corrected chi connectivity index (χ4v) is 1.66. The molecule has 0 aliphatic rings. The van der Waals surface area contributed by atoms with E-state index in [1.807, 2.05) is 19.1 Å². The van der Waals surface area contributed by atoms with E-state index in [2.05, 4.69) is 12.2 Å². The van der Waals surface area contributed by atoms with Crippen LogP contribution in [0.25, 0.3) is 0 Å². The highest BCUT2D eigenvalue weighted by Gasteiger charge is 2.08. The quantitative estimate of drug-likeness (QED) is 0.742. The Morgan fingerprint density at radius 2 is 1.94 bits per heavy atom. The smallest absolute Gasteiger partial charge is 0.115 e. The second kappa shape index (κ2) is 7.25. The monoisotopic (exact) mass is 223 g/mol. The Kier molecular flexibility index (Phi) is 5.90. The summed E-state index contributed by atoms with van der Waals surface area (Å²) in [5.74, 6) is 0.313. The molecule has 0 saturated carbocycles. The number of phenols is 1. The first-order valence-electron chi connectivity index (χ1n) is 5.85. The molecule has 2 N–H and O–H groups in total. The van der Waals surface area contributed by atoms with Gasteiger partial charge in [0.15, 0.2) is 0 Å². The van der Waals surface area contributed by atoms with Crippen LogP contribution >= 0.6 is 0 Å². The topological polar surface area (TPSA) is 41.5 Å². The summed E-state index contributed by atoms with van der Waals surface area (Å²) in [6, 6.07) is 7.68. The van der Waals surface area contributed by atoms with E-state index in [0.29, 0.717) is 11.8 Å². The highest BCUT2D eigenvalue weighted by atomic mass is 16.5. The van der Waals surface area contributed by atoms with Crippen molar-refractivity contribution in [1.29, 1.82) is 0 Å². The summed E-state index contributed by atoms with van der Waals surface area (Å²) in [5, 5.41) is 12.6. The molecule has 0 amide bonds. The Bertz CT molecular complexity index is 284. The molecular weight excluding hydrogens is 202 g/mol. The van der Waals surface area contributed by atoms with E-state index in [9.17, 15) is 5.11 Å². The Morgan fingerprint density at radius 3 is 2.50 bits per heavy atom. The van der Waals surface area contributed by atoms with Gasteiger partial charge < -0.3 is 15.2 Å². The van der Waals surface area contributed by atoms with E-state index in [1.54, 1.807) is 12.1 Å². The SMILES string of the molecule is CCNC(COCC)Cc1ccc(O)cc1. The van der Waals surface area contributed by atoms with Crippen molar-refractivity contribution in [1.82, 2.24) is 5.32 Å². The summed E-state index contributed by atoms with van der Waals surface area (Å²) < 4.78 is 5.43. The normalized spacial score (nSPS) is 12.6. The van der Waals surface area contributed by atoms with Gasteiger partial charge in [-0.1, -0.05) is 19.1 Å². The van der Waals surface area contributed by atoms with E-state index in [1.165, 1.54) is 5.56 Å². The number of aromatic hydroxyl groups is 1. The van der Waals surface area contributed by atoms with Gasteiger partial charge in [-0.15, -0.1) is 0 Å². The van der Waals surface area contributed by atoms with Crippen molar-refractivity contribution in [3.05, 3.63) is 29.8 Å². The highest BCUT2D eigenvalue weighted by Crippen LogP contribution is 2.11. The predicted octanol–water partition coefficient (Wildman–Crippen LogP) is 1.95. The average Bonchev–Trinajstić information content (AvgIpc) is 2.29. The maximum Gasteiger partial charge on any atom is 0.115 e. The van der Waals surface area contributed by atoms with Crippen LogP contribution in [0.5, 0.6) is 5.75 Å². The van der Waals surface area contributed by atoms with Crippen LogP contribution in [-0.2, 0) is 11.2 Å². The zero-order chi connectivity index (χ0) is 11.8. The number of benzene rings is 1. The van der Waals surface area contributed by atoms with Gasteiger partial charge >= 0.3 is 0 Å². The van der Waals surface area contributed by atoms with Crippen molar-refractivity contribution < 1.29 is 9.84 Å². The number of ether oxygens (including phenoxy) is 1. The minimum atomic E-state index is 0.313. The molecule has 0 heterocycles. The third-order valence-electron chi connectivity index (χ3n) is 2.43. The largest absolute Gasteiger partial charge is 0.508 e. The summed E-state index contributed by atoms with van der Waals surface area (Å²) in [4.78, 5) is 0. The first kappa shape index (κ1) is 13.0. The molecule has 3 heteroatoms. The molecule has 0 spiro atoms. The molecule has 0 aliphatic heterocycles. The van der Waals surface area contributed by atoms with Crippen LogP contribution in [-0.4, -0.2) is 30.9 Å². The van der Waals surface area contributed by atoms with Gasteiger partial charge in [0.2, 0.25) is 0 Å². The van der Waals surface area contributed by atoms with Crippen LogP contribution in [0.15, 0.2) is 24.3 Å². The first-order chi connectivity index (χ1) is 7.76. The zero-order valence-corrected chi connectivity index (χ0v) is 10.1. The first-order valence-corrected chi connectivity index (χ1v) is 5.85. The van der Waals surface area contributed by atoms with E-state index in [-0.39, 0.29) is 0 Å². The van der Waals surface area contributed by atoms with Gasteiger partial charge in [0, 0.05) is 12.6 Å². The van der Waals surface area contributed by atoms with Crippen LogP contribution in [0, 0.1) is 0 Å². The summed E-state index contributed by atoms with van der Waals surface area (Å²) >= 11 is 0. The highest BCUT2D eigenvalue weighted by molar-refractivity contribution is 5.26. The maximum atomic E-state index is 9.20. The molecule has 0 saturated heterocycles. The summed E-state index contributed by atoms with van der Waals surface area (Å²) in [6.45, 7) is 6.51. The lowest BCUT2D eigenvalue weighted by Crippen LogP contribution is -2.35. The predicted molar refractivity (Wildman–Crippen MR) is 65.8 cm³/mol. The molecule has 3 nitrogen and oxygen atoms in total. The van der Waals surface area contributed by atoms with Crippen LogP contribution < -0.4 is 5.32 Å². The number of hydrogen-bond acceptors (Lipinski definition) is 3. The fraction of sp³-hybridized carbons (Fsp3) is 0.538. The number of likely N-dealkylation sites (N-methyl/N-ethyl adjacent to an activating group) is 1. The molecule has 0 radical (unpaired) electrons. The lowest BCUT2D eigenvalue weighted by atomic mass is 10.1. The van der Waals surface area contributed by atoms with E-state index in [4.69, 9.17) is 4.74 Å². The number of nitrogens with one attached hydrogen (secondary N) is 1. The lowest BCUT2D eigenvalue weighted by Gasteiger charge is -2.17. The van der Waals surface area contributed by atoms with Gasteiger partial charge in [-0.25, -0.2) is 0 Å². The van der Waals surface area contributed by atoms with Gasteiger partial charge in [-0.2, -0.15) is 0 Å². The molecule has 0 aliphatic carbocycles. The molecule has 1 rings (SSSR count). The van der Waals surface area contributed by atoms with Crippen molar-refractivity contribution in [2.45, 2.75) is 26.3 Å². The van der Waals surface area contributed by atoms with Crippen LogP contribution in [0.3, 0.4) is 0 Å². The van der Waals surface area contributed by atoms with Crippen molar-refractivity contribution in [2.24, 2.45) is 0 Å². The van der Waals surface area contributed by atoms with Crippen molar-refractivity contribution in [2.75, 3.05) is 19.8 Å². The molecule has 0 aromatic heterocycles. The molecule has 0 fully saturated rings. The van der Waals surface area contributed by atoms with Crippen LogP contribution in [0.2, 0.25) is 0 Å². The van der Waals surface area contributed by atoms with E-state index >= 15 is 0 Å². The van der Waals surface area contributed by atoms with E-state index < -0.39 is 0 Å². The summed E-state index contributed by atoms with van der Waals surface area (Å²) in [6.07, 6.45) is 0.925. The molecule has 16 heavy (non-hydrogen) atoms. The van der Waals surface area contributed by atoms with Crippen LogP contribution in [0.4, 0.5) is 0 Å². The minimum Gasteiger partial charge on any atom is -0.508 e. The fourth-order valence-electron chi connectivity index (χ4n) is 1.66. The molecule has 1 aromatic rings. The van der Waals surface area contributed by atoms with Gasteiger partial charge in [-0.3, -0.25) is 0 Å². The third-order valence-corrected chi connectivity index (χ3v) is 2.43. The second-order valence-electron chi connectivity index (χ2n) is 3.78. The van der Waals surface area contributed by atoms with Gasteiger partial charge in [-0.05, 0) is 37.6 Å².